The number of carbonyl (C=O) groups excluding carboxylic acids is 2. The van der Waals surface area contributed by atoms with E-state index in [1.165, 1.54) is 6.92 Å². The molecule has 0 spiro atoms. The third kappa shape index (κ3) is 4.24. The van der Waals surface area contributed by atoms with Gasteiger partial charge in [-0.15, -0.1) is 0 Å². The fraction of sp³-hybridized carbons (Fsp3) is 0.429. The van der Waals surface area contributed by atoms with E-state index in [-0.39, 0.29) is 18.4 Å². The van der Waals surface area contributed by atoms with Crippen LogP contribution in [-0.2, 0) is 14.3 Å². The van der Waals surface area contributed by atoms with Crippen LogP contribution >= 0.6 is 0 Å². The first-order chi connectivity index (χ1) is 9.65. The monoisotopic (exact) mass is 278 g/mol. The van der Waals surface area contributed by atoms with Crippen LogP contribution in [-0.4, -0.2) is 49.6 Å². The molecular formula is C14H18N2O4. The molecule has 0 aliphatic carbocycles. The number of anilines is 1. The molecule has 0 bridgehead atoms. The molecule has 2 amide bonds. The average Bonchev–Trinajstić information content (AvgIpc) is 2.45. The molecule has 1 aliphatic heterocycles. The van der Waals surface area contributed by atoms with Gasteiger partial charge in [-0.3, -0.25) is 9.59 Å². The lowest BCUT2D eigenvalue weighted by Gasteiger charge is -2.26. The second-order valence-electron chi connectivity index (χ2n) is 4.49. The number of rotatable bonds is 4. The summed E-state index contributed by atoms with van der Waals surface area (Å²) in [6.45, 7) is 3.79. The van der Waals surface area contributed by atoms with Crippen molar-refractivity contribution in [1.29, 1.82) is 0 Å². The molecule has 1 aliphatic rings. The number of benzene rings is 1. The Labute approximate surface area is 117 Å². The molecule has 1 aromatic carbocycles. The van der Waals surface area contributed by atoms with E-state index in [1.807, 2.05) is 0 Å². The molecule has 1 saturated heterocycles. The minimum Gasteiger partial charge on any atom is -0.484 e. The van der Waals surface area contributed by atoms with E-state index < -0.39 is 0 Å². The van der Waals surface area contributed by atoms with Crippen LogP contribution in [0.5, 0.6) is 5.75 Å². The normalized spacial score (nSPS) is 14.8. The molecule has 0 saturated carbocycles. The molecule has 108 valence electrons. The standard InChI is InChI=1S/C14H18N2O4/c1-11(17)15-12-3-2-4-13(9-12)20-10-14(18)16-5-7-19-8-6-16/h2-4,9H,5-8,10H2,1H3,(H,15,17). The first-order valence-corrected chi connectivity index (χ1v) is 6.51. The van der Waals surface area contributed by atoms with E-state index in [4.69, 9.17) is 9.47 Å². The molecule has 1 N–H and O–H groups in total. The Balaban J connectivity index is 1.86. The number of ether oxygens (including phenoxy) is 2. The second kappa shape index (κ2) is 6.91. The second-order valence-corrected chi connectivity index (χ2v) is 4.49. The van der Waals surface area contributed by atoms with Crippen LogP contribution in [0.1, 0.15) is 6.92 Å². The molecule has 6 nitrogen and oxygen atoms in total. The zero-order valence-electron chi connectivity index (χ0n) is 11.4. The minimum absolute atomic E-state index is 0.0104. The number of amides is 2. The lowest BCUT2D eigenvalue weighted by atomic mass is 10.3. The third-order valence-corrected chi connectivity index (χ3v) is 2.88. The van der Waals surface area contributed by atoms with E-state index in [0.717, 1.165) is 0 Å². The van der Waals surface area contributed by atoms with Gasteiger partial charge in [0.2, 0.25) is 5.91 Å². The quantitative estimate of drug-likeness (QED) is 0.888. The highest BCUT2D eigenvalue weighted by molar-refractivity contribution is 5.88. The number of nitrogens with zero attached hydrogens (tertiary/aromatic N) is 1. The molecule has 0 radical (unpaired) electrons. The highest BCUT2D eigenvalue weighted by Crippen LogP contribution is 2.17. The SMILES string of the molecule is CC(=O)Nc1cccc(OCC(=O)N2CCOCC2)c1. The van der Waals surface area contributed by atoms with Gasteiger partial charge in [-0.05, 0) is 12.1 Å². The van der Waals surface area contributed by atoms with Crippen LogP contribution in [0, 0.1) is 0 Å². The number of carbonyl (C=O) groups is 2. The fourth-order valence-electron chi connectivity index (χ4n) is 1.92. The van der Waals surface area contributed by atoms with Crippen molar-refractivity contribution in [3.63, 3.8) is 0 Å². The zero-order valence-corrected chi connectivity index (χ0v) is 11.4. The molecule has 1 aromatic rings. The predicted molar refractivity (Wildman–Crippen MR) is 73.6 cm³/mol. The molecular weight excluding hydrogens is 260 g/mol. The van der Waals surface area contributed by atoms with Crippen LogP contribution in [0.3, 0.4) is 0 Å². The van der Waals surface area contributed by atoms with Crippen molar-refractivity contribution in [2.24, 2.45) is 0 Å². The van der Waals surface area contributed by atoms with Crippen LogP contribution in [0.2, 0.25) is 0 Å². The molecule has 0 unspecified atom stereocenters. The Morgan fingerprint density at radius 2 is 2.10 bits per heavy atom. The van der Waals surface area contributed by atoms with Gasteiger partial charge in [0.25, 0.3) is 5.91 Å². The third-order valence-electron chi connectivity index (χ3n) is 2.88. The van der Waals surface area contributed by atoms with Crippen LogP contribution in [0.15, 0.2) is 24.3 Å². The topological polar surface area (TPSA) is 67.9 Å². The number of morpholine rings is 1. The fourth-order valence-corrected chi connectivity index (χ4v) is 1.92. The van der Waals surface area contributed by atoms with Gasteiger partial charge in [-0.1, -0.05) is 6.07 Å². The largest absolute Gasteiger partial charge is 0.484 e. The van der Waals surface area contributed by atoms with Crippen molar-refractivity contribution in [2.45, 2.75) is 6.92 Å². The van der Waals surface area contributed by atoms with Gasteiger partial charge in [0.15, 0.2) is 6.61 Å². The molecule has 1 fully saturated rings. The highest BCUT2D eigenvalue weighted by atomic mass is 16.5. The van der Waals surface area contributed by atoms with E-state index in [9.17, 15) is 9.59 Å². The Hall–Kier alpha value is -2.08. The van der Waals surface area contributed by atoms with E-state index in [2.05, 4.69) is 5.32 Å². The maximum atomic E-state index is 11.9. The summed E-state index contributed by atoms with van der Waals surface area (Å²) in [6.07, 6.45) is 0. The average molecular weight is 278 g/mol. The van der Waals surface area contributed by atoms with Crippen LogP contribution in [0.25, 0.3) is 0 Å². The Morgan fingerprint density at radius 3 is 2.80 bits per heavy atom. The molecule has 2 rings (SSSR count). The summed E-state index contributed by atoms with van der Waals surface area (Å²) in [5.41, 5.74) is 0.647. The van der Waals surface area contributed by atoms with E-state index in [1.54, 1.807) is 29.2 Å². The van der Waals surface area contributed by atoms with Crippen molar-refractivity contribution in [1.82, 2.24) is 4.90 Å². The first-order valence-electron chi connectivity index (χ1n) is 6.51. The van der Waals surface area contributed by atoms with Gasteiger partial charge in [0.1, 0.15) is 5.75 Å². The highest BCUT2D eigenvalue weighted by Gasteiger charge is 2.17. The summed E-state index contributed by atoms with van der Waals surface area (Å²) in [6, 6.07) is 6.96. The Morgan fingerprint density at radius 1 is 1.35 bits per heavy atom. The van der Waals surface area contributed by atoms with E-state index >= 15 is 0 Å². The van der Waals surface area contributed by atoms with Crippen LogP contribution < -0.4 is 10.1 Å². The molecule has 0 atom stereocenters. The molecule has 0 aromatic heterocycles. The van der Waals surface area contributed by atoms with Crippen molar-refractivity contribution < 1.29 is 19.1 Å². The molecule has 6 heteroatoms. The summed E-state index contributed by atoms with van der Waals surface area (Å²) in [5.74, 6) is 0.350. The Bertz CT molecular complexity index is 484. The summed E-state index contributed by atoms with van der Waals surface area (Å²) >= 11 is 0. The summed E-state index contributed by atoms with van der Waals surface area (Å²) in [5, 5.41) is 2.67. The van der Waals surface area contributed by atoms with Crippen molar-refractivity contribution in [2.75, 3.05) is 38.2 Å². The maximum Gasteiger partial charge on any atom is 0.260 e. The number of hydrogen-bond donors (Lipinski definition) is 1. The lowest BCUT2D eigenvalue weighted by molar-refractivity contribution is -0.137. The van der Waals surface area contributed by atoms with Crippen molar-refractivity contribution >= 4 is 17.5 Å². The summed E-state index contributed by atoms with van der Waals surface area (Å²) < 4.78 is 10.7. The van der Waals surface area contributed by atoms with Crippen molar-refractivity contribution in [3.05, 3.63) is 24.3 Å². The minimum atomic E-state index is -0.147. The smallest absolute Gasteiger partial charge is 0.260 e. The van der Waals surface area contributed by atoms with Crippen molar-refractivity contribution in [3.8, 4) is 5.75 Å². The van der Waals surface area contributed by atoms with E-state index in [0.29, 0.717) is 37.7 Å². The maximum absolute atomic E-state index is 11.9. The van der Waals surface area contributed by atoms with Gasteiger partial charge in [-0.25, -0.2) is 0 Å². The summed E-state index contributed by atoms with van der Waals surface area (Å²) in [4.78, 5) is 24.6. The molecule has 20 heavy (non-hydrogen) atoms. The first kappa shape index (κ1) is 14.3. The van der Waals surface area contributed by atoms with Gasteiger partial charge >= 0.3 is 0 Å². The molecule has 1 heterocycles. The lowest BCUT2D eigenvalue weighted by Crippen LogP contribution is -2.42. The number of hydrogen-bond acceptors (Lipinski definition) is 4. The van der Waals surface area contributed by atoms with Gasteiger partial charge in [0.05, 0.1) is 13.2 Å². The van der Waals surface area contributed by atoms with Gasteiger partial charge in [-0.2, -0.15) is 0 Å². The zero-order chi connectivity index (χ0) is 14.4. The van der Waals surface area contributed by atoms with Gasteiger partial charge in [0, 0.05) is 31.8 Å². The summed E-state index contributed by atoms with van der Waals surface area (Å²) in [7, 11) is 0. The van der Waals surface area contributed by atoms with Crippen LogP contribution in [0.4, 0.5) is 5.69 Å². The van der Waals surface area contributed by atoms with Gasteiger partial charge < -0.3 is 19.7 Å². The Kier molecular flexibility index (Phi) is 4.95. The predicted octanol–water partition coefficient (Wildman–Crippen LogP) is 0.883. The number of nitrogens with one attached hydrogen (secondary N) is 1.